The number of aryl methyl sites for hydroxylation is 1. The summed E-state index contributed by atoms with van der Waals surface area (Å²) in [5.74, 6) is 1.76. The minimum Gasteiger partial charge on any atom is -0.493 e. The van der Waals surface area contributed by atoms with Crippen LogP contribution >= 0.6 is 11.6 Å². The van der Waals surface area contributed by atoms with Crippen molar-refractivity contribution >= 4 is 17.5 Å². The molecule has 0 unspecified atom stereocenters. The lowest BCUT2D eigenvalue weighted by Gasteiger charge is -2.23. The Kier molecular flexibility index (Phi) is 8.00. The molecular weight excluding hydrogens is 378 g/mol. The van der Waals surface area contributed by atoms with Gasteiger partial charge in [0.25, 0.3) is 5.91 Å². The highest BCUT2D eigenvalue weighted by Gasteiger charge is 2.23. The van der Waals surface area contributed by atoms with Gasteiger partial charge in [-0.15, -0.1) is 0 Å². The fourth-order valence-corrected chi connectivity index (χ4v) is 3.05. The molecule has 6 heteroatoms. The van der Waals surface area contributed by atoms with Gasteiger partial charge in [0.15, 0.2) is 17.6 Å². The van der Waals surface area contributed by atoms with Crippen LogP contribution in [0.1, 0.15) is 43.9 Å². The van der Waals surface area contributed by atoms with Gasteiger partial charge in [0.05, 0.1) is 20.3 Å². The van der Waals surface area contributed by atoms with Crippen LogP contribution < -0.4 is 19.5 Å². The van der Waals surface area contributed by atoms with E-state index in [0.29, 0.717) is 28.7 Å². The van der Waals surface area contributed by atoms with E-state index < -0.39 is 6.10 Å². The number of carbonyl (C=O) groups excluding carboxylic acids is 1. The third kappa shape index (κ3) is 5.32. The lowest BCUT2D eigenvalue weighted by atomic mass is 10.0. The summed E-state index contributed by atoms with van der Waals surface area (Å²) in [7, 11) is 3.19. The fraction of sp³-hybridized carbons (Fsp3) is 0.409. The third-order valence-corrected chi connectivity index (χ3v) is 5.03. The highest BCUT2D eigenvalue weighted by molar-refractivity contribution is 6.31. The zero-order valence-corrected chi connectivity index (χ0v) is 17.8. The molecular formula is C22H28ClNO4. The second-order valence-corrected chi connectivity index (χ2v) is 6.92. The second-order valence-electron chi connectivity index (χ2n) is 6.51. The van der Waals surface area contributed by atoms with Crippen LogP contribution in [0.3, 0.4) is 0 Å². The van der Waals surface area contributed by atoms with Crippen molar-refractivity contribution < 1.29 is 19.0 Å². The number of hydrogen-bond donors (Lipinski definition) is 1. The maximum absolute atomic E-state index is 12.8. The molecule has 0 aliphatic heterocycles. The van der Waals surface area contributed by atoms with Gasteiger partial charge < -0.3 is 19.5 Å². The molecule has 2 aromatic rings. The first-order chi connectivity index (χ1) is 13.4. The molecule has 0 bridgehead atoms. The SMILES string of the molecule is CC[C@H](NC(=O)[C@@H](CC)Oc1ccc(Cl)c(C)c1)c1ccc(OC)c(OC)c1. The number of ether oxygens (including phenoxy) is 3. The van der Waals surface area contributed by atoms with Crippen molar-refractivity contribution in [2.24, 2.45) is 0 Å². The molecule has 0 aliphatic rings. The van der Waals surface area contributed by atoms with E-state index in [1.807, 2.05) is 45.0 Å². The lowest BCUT2D eigenvalue weighted by Crippen LogP contribution is -2.40. The quantitative estimate of drug-likeness (QED) is 0.631. The standard InChI is InChI=1S/C22H28ClNO4/c1-6-18(15-8-11-20(26-4)21(13-15)27-5)24-22(25)19(7-2)28-16-9-10-17(23)14(3)12-16/h8-13,18-19H,6-7H2,1-5H3,(H,24,25)/t18-,19+/m0/s1. The Balaban J connectivity index is 2.13. The number of halogens is 1. The summed E-state index contributed by atoms with van der Waals surface area (Å²) in [6.45, 7) is 5.84. The molecule has 2 aromatic carbocycles. The minimum atomic E-state index is -0.588. The van der Waals surface area contributed by atoms with Gasteiger partial charge in [0.2, 0.25) is 0 Å². The number of hydrogen-bond acceptors (Lipinski definition) is 4. The van der Waals surface area contributed by atoms with Crippen molar-refractivity contribution in [1.82, 2.24) is 5.32 Å². The molecule has 5 nitrogen and oxygen atoms in total. The molecule has 2 atom stereocenters. The Bertz CT molecular complexity index is 809. The van der Waals surface area contributed by atoms with Gasteiger partial charge in [-0.25, -0.2) is 0 Å². The Morgan fingerprint density at radius 3 is 2.32 bits per heavy atom. The van der Waals surface area contributed by atoms with Gasteiger partial charge in [0.1, 0.15) is 5.75 Å². The topological polar surface area (TPSA) is 56.8 Å². The molecule has 0 aliphatic carbocycles. The van der Waals surface area contributed by atoms with E-state index in [4.69, 9.17) is 25.8 Å². The van der Waals surface area contributed by atoms with E-state index in [-0.39, 0.29) is 11.9 Å². The van der Waals surface area contributed by atoms with Crippen LogP contribution in [-0.4, -0.2) is 26.2 Å². The van der Waals surface area contributed by atoms with Crippen LogP contribution in [0.4, 0.5) is 0 Å². The normalized spacial score (nSPS) is 12.8. The number of amides is 1. The summed E-state index contributed by atoms with van der Waals surface area (Å²) in [6.07, 6.45) is 0.697. The number of methoxy groups -OCH3 is 2. The zero-order valence-electron chi connectivity index (χ0n) is 17.0. The van der Waals surface area contributed by atoms with Crippen molar-refractivity contribution in [1.29, 1.82) is 0 Å². The van der Waals surface area contributed by atoms with E-state index >= 15 is 0 Å². The molecule has 152 valence electrons. The molecule has 28 heavy (non-hydrogen) atoms. The van der Waals surface area contributed by atoms with E-state index in [1.54, 1.807) is 26.4 Å². The molecule has 0 saturated carbocycles. The maximum Gasteiger partial charge on any atom is 0.261 e. The van der Waals surface area contributed by atoms with E-state index in [2.05, 4.69) is 5.32 Å². The Hall–Kier alpha value is -2.40. The summed E-state index contributed by atoms with van der Waals surface area (Å²) in [6, 6.07) is 10.9. The number of rotatable bonds is 9. The Morgan fingerprint density at radius 2 is 1.75 bits per heavy atom. The van der Waals surface area contributed by atoms with Crippen molar-refractivity contribution in [2.75, 3.05) is 14.2 Å². The summed E-state index contributed by atoms with van der Waals surface area (Å²) in [4.78, 5) is 12.8. The van der Waals surface area contributed by atoms with Gasteiger partial charge >= 0.3 is 0 Å². The first-order valence-corrected chi connectivity index (χ1v) is 9.76. The van der Waals surface area contributed by atoms with Crippen LogP contribution in [0.5, 0.6) is 17.2 Å². The van der Waals surface area contributed by atoms with Crippen LogP contribution in [0, 0.1) is 6.92 Å². The number of carbonyl (C=O) groups is 1. The number of benzene rings is 2. The predicted octanol–water partition coefficient (Wildman–Crippen LogP) is 5.09. The highest BCUT2D eigenvalue weighted by Crippen LogP contribution is 2.31. The highest BCUT2D eigenvalue weighted by atomic mass is 35.5. The second kappa shape index (κ2) is 10.2. The molecule has 0 radical (unpaired) electrons. The van der Waals surface area contributed by atoms with E-state index in [9.17, 15) is 4.79 Å². The summed E-state index contributed by atoms with van der Waals surface area (Å²) in [5, 5.41) is 3.75. The Morgan fingerprint density at radius 1 is 1.04 bits per heavy atom. The van der Waals surface area contributed by atoms with Crippen LogP contribution in [0.2, 0.25) is 5.02 Å². The van der Waals surface area contributed by atoms with Gasteiger partial charge in [-0.2, -0.15) is 0 Å². The molecule has 1 amide bonds. The van der Waals surface area contributed by atoms with Crippen LogP contribution in [-0.2, 0) is 4.79 Å². The van der Waals surface area contributed by atoms with Gasteiger partial charge in [-0.05, 0) is 61.2 Å². The molecule has 0 spiro atoms. The summed E-state index contributed by atoms with van der Waals surface area (Å²) in [5.41, 5.74) is 1.86. The minimum absolute atomic E-state index is 0.156. The molecule has 1 N–H and O–H groups in total. The first kappa shape index (κ1) is 21.9. The van der Waals surface area contributed by atoms with Gasteiger partial charge in [-0.1, -0.05) is 31.5 Å². The molecule has 0 aromatic heterocycles. The molecule has 2 rings (SSSR count). The maximum atomic E-state index is 12.8. The van der Waals surface area contributed by atoms with Crippen molar-refractivity contribution in [3.63, 3.8) is 0 Å². The van der Waals surface area contributed by atoms with Crippen molar-refractivity contribution in [3.05, 3.63) is 52.5 Å². The average Bonchev–Trinajstić information content (AvgIpc) is 2.71. The Labute approximate surface area is 171 Å². The molecule has 0 fully saturated rings. The average molecular weight is 406 g/mol. The van der Waals surface area contributed by atoms with Gasteiger partial charge in [-0.3, -0.25) is 4.79 Å². The third-order valence-electron chi connectivity index (χ3n) is 4.61. The van der Waals surface area contributed by atoms with Gasteiger partial charge in [0, 0.05) is 5.02 Å². The molecule has 0 saturated heterocycles. The molecule has 0 heterocycles. The summed E-state index contributed by atoms with van der Waals surface area (Å²) >= 11 is 6.06. The number of nitrogens with one attached hydrogen (secondary N) is 1. The first-order valence-electron chi connectivity index (χ1n) is 9.38. The van der Waals surface area contributed by atoms with Crippen LogP contribution in [0.25, 0.3) is 0 Å². The lowest BCUT2D eigenvalue weighted by molar-refractivity contribution is -0.128. The van der Waals surface area contributed by atoms with Crippen molar-refractivity contribution in [2.45, 2.75) is 45.8 Å². The van der Waals surface area contributed by atoms with E-state index in [1.165, 1.54) is 0 Å². The van der Waals surface area contributed by atoms with Crippen molar-refractivity contribution in [3.8, 4) is 17.2 Å². The fourth-order valence-electron chi connectivity index (χ4n) is 2.93. The predicted molar refractivity (Wildman–Crippen MR) is 112 cm³/mol. The zero-order chi connectivity index (χ0) is 20.7. The largest absolute Gasteiger partial charge is 0.493 e. The summed E-state index contributed by atoms with van der Waals surface area (Å²) < 4.78 is 16.6. The van der Waals surface area contributed by atoms with Crippen LogP contribution in [0.15, 0.2) is 36.4 Å². The monoisotopic (exact) mass is 405 g/mol. The van der Waals surface area contributed by atoms with E-state index in [0.717, 1.165) is 17.5 Å². The smallest absolute Gasteiger partial charge is 0.261 e.